The van der Waals surface area contributed by atoms with Gasteiger partial charge in [0.15, 0.2) is 0 Å². The quantitative estimate of drug-likeness (QED) is 0.0237. The number of nitrogens with one attached hydrogen (secondary N) is 3. The number of tetrazole rings is 3. The molecule has 3 amide bonds. The number of hydrogen-bond donors (Lipinski definition) is 3. The first kappa shape index (κ1) is 88.2. The van der Waals surface area contributed by atoms with Crippen molar-refractivity contribution in [1.82, 2.24) is 73.0 Å². The van der Waals surface area contributed by atoms with Crippen molar-refractivity contribution in [2.45, 2.75) is 263 Å². The second-order valence-electron chi connectivity index (χ2n) is 29.5. The number of amides is 3. The molecular weight excluding hydrogens is 1570 g/mol. The van der Waals surface area contributed by atoms with E-state index in [0.29, 0.717) is 44.7 Å². The molecule has 0 saturated heterocycles. The van der Waals surface area contributed by atoms with Crippen LogP contribution in [0.1, 0.15) is 228 Å². The van der Waals surface area contributed by atoms with E-state index in [1.165, 1.54) is 111 Å². The molecule has 3 aromatic heterocycles. The third-order valence-corrected chi connectivity index (χ3v) is 49.6. The number of nitrogens with zero attached hydrogens (tertiary/aromatic N) is 12. The monoisotopic (exact) mass is 1700 g/mol. The topological polar surface area (TPSA) is 246 Å². The van der Waals surface area contributed by atoms with Gasteiger partial charge in [0.2, 0.25) is 11.7 Å². The number of unbranched alkanes of at least 4 members (excludes halogenated alkanes) is 9. The Morgan fingerprint density at radius 1 is 0.431 bits per heavy atom. The fourth-order valence-electron chi connectivity index (χ4n) is 14.4. The van der Waals surface area contributed by atoms with Crippen LogP contribution in [0.3, 0.4) is 0 Å². The number of aromatic nitrogens is 12. The molecule has 9 aromatic rings. The van der Waals surface area contributed by atoms with E-state index < -0.39 is 43.3 Å². The average molecular weight is 1700 g/mol. The fourth-order valence-corrected chi connectivity index (χ4v) is 44.4. The number of benzene rings is 6. The summed E-state index contributed by atoms with van der Waals surface area (Å²) in [4.78, 5) is 51.6. The molecule has 9 rings (SSSR count). The van der Waals surface area contributed by atoms with Gasteiger partial charge >= 0.3 is 448 Å². The summed E-state index contributed by atoms with van der Waals surface area (Å²) in [7, 11) is 1.39. The van der Waals surface area contributed by atoms with Gasteiger partial charge in [-0.05, 0) is 41.2 Å². The first-order valence-electron chi connectivity index (χ1n) is 40.9. The molecule has 0 saturated carbocycles. The minimum atomic E-state index is -2.98. The molecule has 0 bridgehead atoms. The van der Waals surface area contributed by atoms with Crippen LogP contribution in [0.25, 0.3) is 67.5 Å². The number of H-pyrrole nitrogens is 1. The number of ether oxygens (including phenoxy) is 1. The summed E-state index contributed by atoms with van der Waals surface area (Å²) in [6, 6.07) is 49.4. The molecule has 0 aliphatic heterocycles. The van der Waals surface area contributed by atoms with Crippen LogP contribution in [0.2, 0.25) is 26.6 Å². The molecule has 586 valence electrons. The maximum absolute atomic E-state index is 13.3. The van der Waals surface area contributed by atoms with Crippen LogP contribution in [0.5, 0.6) is 0 Å². The minimum absolute atomic E-state index is 0.0174. The summed E-state index contributed by atoms with van der Waals surface area (Å²) in [6.45, 7) is 25.4. The third kappa shape index (κ3) is 26.1. The number of methoxy groups -OCH3 is 1. The predicted octanol–water partition coefficient (Wildman–Crippen LogP) is 20.3. The van der Waals surface area contributed by atoms with Gasteiger partial charge in [0.1, 0.15) is 0 Å². The van der Waals surface area contributed by atoms with Gasteiger partial charge in [-0.15, -0.1) is 10.2 Å². The SMILES string of the molecule is CCCCC(=O)N(Cc1ccc(-c2ccccc2-c2nnn[n]2[Sn]([CH2]CCC)([CH2]CCC)[CH2]CCC)cc1)[C@H](C(=O)OC)C(C)C.CCCCC(=O)NCc1ccc(-c2ccccc2-c2nn[nH]n2)cc1.CCCCC(=O)NCc1ccc(-c2ccccc2-c2nnn[n]2[Sn]([CH2]CCC)([CH2]CCC)[CH2]CCC)cc1. The zero-order valence-corrected chi connectivity index (χ0v) is 73.3. The van der Waals surface area contributed by atoms with Crippen LogP contribution >= 0.6 is 0 Å². The van der Waals surface area contributed by atoms with Gasteiger partial charge in [-0.3, -0.25) is 4.79 Å². The Kier molecular flexibility index (Phi) is 38.8. The van der Waals surface area contributed by atoms with E-state index in [-0.39, 0.29) is 29.6 Å². The number of aromatic amines is 1. The standard InChI is InChI=1S/C25H30N5O3.2C19H21N5O.6C4H9.2Sn/c1-5-6-11-22(31)30(23(17(2)3)25(32)33-4)16-18-12-14-19(15-13-18)20-9-7-8-10-21(20)24-26-28-29-27-24;2*1-2-3-8-18(25)20-13-14-9-11-15(12-10-14)16-6-4-5-7-17(16)19-21-23-24-22-19;6*1-3-4-2;;/h7-10,12-15,17,23H,5-6,11,16H2,1-4H3;4-7,9-12H,2-3,8,13H2,1H3,(H,20,25)(H,21,22,23,24);4-7,9-12H,2-3,8,13H2,1H3,(H2,20,21,22,23,24,25);6*1,3-4H2,2H3;;/q-1;;;;;;;;;2*+1/p-1/t23-;;;;;;;;;;/m0........../s1. The van der Waals surface area contributed by atoms with Gasteiger partial charge < -0.3 is 10.1 Å². The molecule has 3 N–H and O–H groups in total. The second-order valence-corrected chi connectivity index (χ2v) is 54.4. The zero-order valence-electron chi connectivity index (χ0n) is 67.6. The Morgan fingerprint density at radius 2 is 0.771 bits per heavy atom. The van der Waals surface area contributed by atoms with Gasteiger partial charge in [0, 0.05) is 18.5 Å². The molecule has 0 spiro atoms. The summed E-state index contributed by atoms with van der Waals surface area (Å²) in [5, 5.41) is 47.7. The summed E-state index contributed by atoms with van der Waals surface area (Å²) < 4.78 is 17.6. The van der Waals surface area contributed by atoms with Crippen LogP contribution in [-0.4, -0.2) is 137 Å². The maximum atomic E-state index is 13.3. The molecule has 0 radical (unpaired) electrons. The molecular formula is C87H125N15O5Sn2. The Labute approximate surface area is 659 Å². The van der Waals surface area contributed by atoms with Crippen molar-refractivity contribution < 1.29 is 23.9 Å². The molecule has 1 atom stereocenters. The van der Waals surface area contributed by atoms with Crippen LogP contribution in [0.4, 0.5) is 0 Å². The second kappa shape index (κ2) is 47.9. The van der Waals surface area contributed by atoms with Crippen LogP contribution in [0, 0.1) is 5.92 Å². The van der Waals surface area contributed by atoms with E-state index in [1.54, 1.807) is 4.90 Å². The summed E-state index contributed by atoms with van der Waals surface area (Å²) in [6.07, 6.45) is 22.0. The zero-order chi connectivity index (χ0) is 78.2. The van der Waals surface area contributed by atoms with E-state index in [4.69, 9.17) is 20.3 Å². The number of carbonyl (C=O) groups excluding carboxylic acids is 4. The number of hydrogen-bond acceptors (Lipinski definition) is 14. The molecule has 22 heteroatoms. The van der Waals surface area contributed by atoms with Gasteiger partial charge in [-0.2, -0.15) is 5.21 Å². The Morgan fingerprint density at radius 3 is 1.11 bits per heavy atom. The number of carbonyl (C=O) groups is 4. The van der Waals surface area contributed by atoms with Crippen molar-refractivity contribution in [3.63, 3.8) is 0 Å². The molecule has 109 heavy (non-hydrogen) atoms. The molecule has 3 heterocycles. The first-order valence-corrected chi connectivity index (χ1v) is 55.6. The van der Waals surface area contributed by atoms with E-state index in [9.17, 15) is 19.2 Å². The predicted molar refractivity (Wildman–Crippen MR) is 446 cm³/mol. The Hall–Kier alpha value is -7.99. The van der Waals surface area contributed by atoms with Crippen LogP contribution in [0.15, 0.2) is 146 Å². The normalized spacial score (nSPS) is 11.7. The molecule has 0 aliphatic rings. The van der Waals surface area contributed by atoms with Crippen molar-refractivity contribution >= 4 is 61.0 Å². The molecule has 6 aromatic carbocycles. The first-order chi connectivity index (χ1) is 53.1. The summed E-state index contributed by atoms with van der Waals surface area (Å²) in [5.41, 5.74) is 12.8. The molecule has 0 unspecified atom stereocenters. The van der Waals surface area contributed by atoms with Crippen LogP contribution in [-0.2, 0) is 43.5 Å². The number of esters is 1. The van der Waals surface area contributed by atoms with Crippen molar-refractivity contribution in [3.05, 3.63) is 162 Å². The number of rotatable bonds is 44. The van der Waals surface area contributed by atoms with E-state index in [1.807, 2.05) is 62.4 Å². The van der Waals surface area contributed by atoms with E-state index >= 15 is 0 Å². The molecule has 0 fully saturated rings. The fraction of sp³-hybridized carbons (Fsp3) is 0.506. The van der Waals surface area contributed by atoms with Gasteiger partial charge in [-0.25, -0.2) is 4.79 Å². The van der Waals surface area contributed by atoms with Crippen LogP contribution < -0.4 is 10.6 Å². The Balaban J connectivity index is 0.000000237. The molecule has 0 aliphatic carbocycles. The Bertz CT molecular complexity index is 4060. The van der Waals surface area contributed by atoms with Crippen molar-refractivity contribution in [1.29, 1.82) is 0 Å². The van der Waals surface area contributed by atoms with Crippen molar-refractivity contribution in [2.75, 3.05) is 7.11 Å². The van der Waals surface area contributed by atoms with Crippen molar-refractivity contribution in [2.24, 2.45) is 5.92 Å². The van der Waals surface area contributed by atoms with Gasteiger partial charge in [0.25, 0.3) is 0 Å². The molecule has 20 nitrogen and oxygen atoms in total. The van der Waals surface area contributed by atoms with E-state index in [0.717, 1.165) is 117 Å². The summed E-state index contributed by atoms with van der Waals surface area (Å²) >= 11 is -5.87. The van der Waals surface area contributed by atoms with E-state index in [2.05, 4.69) is 212 Å². The van der Waals surface area contributed by atoms with Gasteiger partial charge in [-0.1, -0.05) is 102 Å². The third-order valence-electron chi connectivity index (χ3n) is 20.8. The van der Waals surface area contributed by atoms with Gasteiger partial charge in [0.05, 0.1) is 7.11 Å². The van der Waals surface area contributed by atoms with Crippen molar-refractivity contribution in [3.8, 4) is 67.5 Å². The average Bonchev–Trinajstić information content (AvgIpc) is 1.70. The summed E-state index contributed by atoms with van der Waals surface area (Å²) in [5.74, 6) is 2.20.